The first-order valence-corrected chi connectivity index (χ1v) is 26.5. The Morgan fingerprint density at radius 3 is 2.28 bits per heavy atom. The summed E-state index contributed by atoms with van der Waals surface area (Å²) in [6.45, 7) is 13.8. The summed E-state index contributed by atoms with van der Waals surface area (Å²) in [5.41, 5.74) is 6.29. The molecule has 0 unspecified atom stereocenters. The molecule has 69 heavy (non-hydrogen) atoms. The summed E-state index contributed by atoms with van der Waals surface area (Å²) in [5, 5.41) is 27.3. The molecular weight excluding hydrogens is 861 g/mol. The Bertz CT molecular complexity index is 2350. The van der Waals surface area contributed by atoms with Gasteiger partial charge in [-0.1, -0.05) is 137 Å². The van der Waals surface area contributed by atoms with Crippen LogP contribution in [0.2, 0.25) is 0 Å². The summed E-state index contributed by atoms with van der Waals surface area (Å²) in [5.74, 6) is 0.596. The van der Waals surface area contributed by atoms with Crippen LogP contribution in [0.5, 0.6) is 17.2 Å². The Labute approximate surface area is 413 Å². The average Bonchev–Trinajstić information content (AvgIpc) is 3.36. The number of aryl methyl sites for hydroxylation is 2. The third kappa shape index (κ3) is 12.5. The van der Waals surface area contributed by atoms with E-state index in [1.165, 1.54) is 44.1 Å². The minimum Gasteiger partial charge on any atom is -0.459 e. The van der Waals surface area contributed by atoms with E-state index in [4.69, 9.17) is 24.2 Å². The van der Waals surface area contributed by atoms with Crippen molar-refractivity contribution in [2.75, 3.05) is 26.4 Å². The fraction of sp³-hybridized carbons (Fsp3) is 0.533. The number of fused-ring (bicyclic) bond motifs is 3. The standard InChI is InChI=1S/C60H80N2O7/c1-6-9-10-11-12-13-14-15-16-30-57(65)62(42-47-27-23-26-45-24-17-18-28-50(45)47)56-41-54(61-67-8-3)52-39-46(25-19-21-35-63)51(29-20-22-36-64)58-53-40-49(68-48-32-31-43(4)44(5)38-48)33-34-55(53)69-60(56,59(52)58)66-37-7-2/h7,17-18,23-24,26-28,31-34,38-40,46,51,56,58-59,63-64H,2,6,8-16,19-22,25,29-30,35-37,41-42H2,1,3-5H3/t46-,51+,56-,58+,59+,60+/m0/s1. The number of allylic oxidation sites excluding steroid dienone is 1. The number of benzene rings is 4. The molecule has 1 aliphatic heterocycles. The predicted molar refractivity (Wildman–Crippen MR) is 279 cm³/mol. The Morgan fingerprint density at radius 2 is 1.54 bits per heavy atom. The quantitative estimate of drug-likeness (QED) is 0.0331. The number of unbranched alkanes of at least 4 members (excludes halogenated alkanes) is 10. The Kier molecular flexibility index (Phi) is 19.4. The lowest BCUT2D eigenvalue weighted by molar-refractivity contribution is -0.258. The lowest BCUT2D eigenvalue weighted by Gasteiger charge is -2.60. The van der Waals surface area contributed by atoms with Crippen LogP contribution in [0.3, 0.4) is 0 Å². The highest BCUT2D eigenvalue weighted by atomic mass is 16.7. The summed E-state index contributed by atoms with van der Waals surface area (Å²) < 4.78 is 21.6. The predicted octanol–water partition coefficient (Wildman–Crippen LogP) is 13.9. The van der Waals surface area contributed by atoms with Gasteiger partial charge in [-0.25, -0.2) is 0 Å². The molecule has 1 saturated carbocycles. The minimum atomic E-state index is -1.34. The van der Waals surface area contributed by atoms with Crippen LogP contribution in [-0.4, -0.2) is 65.0 Å². The first-order valence-electron chi connectivity index (χ1n) is 26.5. The second-order valence-corrected chi connectivity index (χ2v) is 19.8. The van der Waals surface area contributed by atoms with E-state index in [0.29, 0.717) is 50.3 Å². The topological polar surface area (TPSA) is 110 Å². The number of aliphatic hydroxyl groups excluding tert-OH is 2. The summed E-state index contributed by atoms with van der Waals surface area (Å²) in [7, 11) is 0. The van der Waals surface area contributed by atoms with Crippen LogP contribution in [0, 0.1) is 31.6 Å². The molecule has 0 radical (unpaired) electrons. The van der Waals surface area contributed by atoms with Gasteiger partial charge in [0.15, 0.2) is 0 Å². The fourth-order valence-electron chi connectivity index (χ4n) is 11.5. The van der Waals surface area contributed by atoms with Crippen molar-refractivity contribution < 1.29 is 34.1 Å². The van der Waals surface area contributed by atoms with E-state index >= 15 is 4.79 Å². The van der Waals surface area contributed by atoms with Crippen molar-refractivity contribution in [3.05, 3.63) is 125 Å². The van der Waals surface area contributed by atoms with E-state index in [9.17, 15) is 10.2 Å². The van der Waals surface area contributed by atoms with E-state index in [1.54, 1.807) is 6.08 Å². The van der Waals surface area contributed by atoms with Gasteiger partial charge in [-0.2, -0.15) is 0 Å². The molecule has 372 valence electrons. The van der Waals surface area contributed by atoms with Crippen LogP contribution >= 0.6 is 0 Å². The molecule has 0 aromatic heterocycles. The second kappa shape index (κ2) is 25.8. The van der Waals surface area contributed by atoms with Crippen LogP contribution in [0.15, 0.2) is 108 Å². The highest BCUT2D eigenvalue weighted by Crippen LogP contribution is 2.62. The average molecular weight is 941 g/mol. The third-order valence-corrected chi connectivity index (χ3v) is 15.1. The normalized spacial score (nSPS) is 22.1. The molecule has 6 atom stereocenters. The molecule has 0 bridgehead atoms. The maximum Gasteiger partial charge on any atom is 0.239 e. The highest BCUT2D eigenvalue weighted by molar-refractivity contribution is 6.03. The van der Waals surface area contributed by atoms with Crippen LogP contribution in [0.25, 0.3) is 10.8 Å². The first-order chi connectivity index (χ1) is 33.8. The van der Waals surface area contributed by atoms with E-state index in [1.807, 2.05) is 25.1 Å². The monoisotopic (exact) mass is 941 g/mol. The largest absolute Gasteiger partial charge is 0.459 e. The Morgan fingerprint density at radius 1 is 0.826 bits per heavy atom. The minimum absolute atomic E-state index is 0.0703. The first kappa shape index (κ1) is 51.9. The maximum atomic E-state index is 15.4. The fourth-order valence-corrected chi connectivity index (χ4v) is 11.5. The summed E-state index contributed by atoms with van der Waals surface area (Å²) in [6.07, 6.45) is 20.3. The van der Waals surface area contributed by atoms with Gasteiger partial charge in [-0.15, -0.1) is 6.58 Å². The third-order valence-electron chi connectivity index (χ3n) is 15.1. The van der Waals surface area contributed by atoms with E-state index in [0.717, 1.165) is 89.4 Å². The number of nitrogens with zero attached hydrogens (tertiary/aromatic N) is 2. The van der Waals surface area contributed by atoms with Gasteiger partial charge in [-0.3, -0.25) is 4.79 Å². The van der Waals surface area contributed by atoms with E-state index in [-0.39, 0.29) is 43.5 Å². The van der Waals surface area contributed by atoms with Crippen molar-refractivity contribution in [2.45, 2.75) is 161 Å². The molecule has 2 N–H and O–H groups in total. The number of amides is 1. The van der Waals surface area contributed by atoms with Gasteiger partial charge in [0, 0.05) is 44.1 Å². The van der Waals surface area contributed by atoms with Gasteiger partial charge in [0.05, 0.1) is 18.2 Å². The Hall–Kier alpha value is -4.96. The van der Waals surface area contributed by atoms with Gasteiger partial charge in [0.1, 0.15) is 29.9 Å². The van der Waals surface area contributed by atoms with E-state index in [2.05, 4.69) is 99.0 Å². The van der Waals surface area contributed by atoms with E-state index < -0.39 is 17.7 Å². The molecule has 1 fully saturated rings. The molecule has 4 aromatic carbocycles. The summed E-state index contributed by atoms with van der Waals surface area (Å²) in [6, 6.07) is 26.5. The molecule has 3 aliphatic rings. The molecule has 0 spiro atoms. The number of carbonyl (C=O) groups is 1. The van der Waals surface area contributed by atoms with Crippen molar-refractivity contribution in [1.29, 1.82) is 0 Å². The lowest BCUT2D eigenvalue weighted by atomic mass is 9.55. The zero-order chi connectivity index (χ0) is 48.6. The van der Waals surface area contributed by atoms with Crippen LogP contribution < -0.4 is 9.47 Å². The number of hydrogen-bond donors (Lipinski definition) is 2. The summed E-state index contributed by atoms with van der Waals surface area (Å²) >= 11 is 0. The number of oxime groups is 1. The van der Waals surface area contributed by atoms with Gasteiger partial charge in [-0.05, 0) is 128 Å². The zero-order valence-corrected chi connectivity index (χ0v) is 42.1. The molecule has 0 saturated heterocycles. The van der Waals surface area contributed by atoms with Crippen molar-refractivity contribution >= 4 is 22.4 Å². The molecule has 9 heteroatoms. The molecule has 4 aromatic rings. The molecule has 7 rings (SSSR count). The van der Waals surface area contributed by atoms with Crippen molar-refractivity contribution in [1.82, 2.24) is 4.90 Å². The number of aliphatic hydroxyl groups is 2. The number of carbonyl (C=O) groups excluding carboxylic acids is 1. The molecule has 9 nitrogen and oxygen atoms in total. The molecular formula is C60H80N2O7. The molecule has 2 aliphatic carbocycles. The van der Waals surface area contributed by atoms with Crippen LogP contribution in [-0.2, 0) is 20.9 Å². The summed E-state index contributed by atoms with van der Waals surface area (Å²) in [4.78, 5) is 23.5. The number of ether oxygens (including phenoxy) is 3. The molecule has 1 heterocycles. The van der Waals surface area contributed by atoms with Crippen molar-refractivity contribution in [3.8, 4) is 17.2 Å². The van der Waals surface area contributed by atoms with Crippen molar-refractivity contribution in [2.24, 2.45) is 22.9 Å². The van der Waals surface area contributed by atoms with Crippen LogP contribution in [0.1, 0.15) is 151 Å². The SMILES string of the molecule is C=CCO[C@@]12Oc3ccc(Oc4ccc(C)c(C)c4)cc3[C@H]3[C@H](CCCCO)[C@@H](CCCCO)C=C(C(=NOCC)C[C@@H]1N(Cc1cccc4ccccc14)C(=O)CCCCCCCCCCC)[C@H]32. The highest BCUT2D eigenvalue weighted by Gasteiger charge is 2.65. The number of hydrogen-bond acceptors (Lipinski definition) is 8. The van der Waals surface area contributed by atoms with Gasteiger partial charge in [0.25, 0.3) is 0 Å². The number of rotatable bonds is 28. The van der Waals surface area contributed by atoms with Crippen molar-refractivity contribution in [3.63, 3.8) is 0 Å². The zero-order valence-electron chi connectivity index (χ0n) is 42.1. The maximum absolute atomic E-state index is 15.4. The second-order valence-electron chi connectivity index (χ2n) is 19.8. The Balaban J connectivity index is 1.38. The van der Waals surface area contributed by atoms with Gasteiger partial charge >= 0.3 is 0 Å². The lowest BCUT2D eigenvalue weighted by Crippen LogP contribution is -2.70. The van der Waals surface area contributed by atoms with Gasteiger partial charge < -0.3 is 34.2 Å². The smallest absolute Gasteiger partial charge is 0.239 e. The molecule has 1 amide bonds. The van der Waals surface area contributed by atoms with Crippen LogP contribution in [0.4, 0.5) is 0 Å². The van der Waals surface area contributed by atoms with Gasteiger partial charge in [0.2, 0.25) is 11.7 Å².